The minimum absolute atomic E-state index is 0.00269. The van der Waals surface area contributed by atoms with Crippen molar-refractivity contribution in [2.45, 2.75) is 45.4 Å². The molecule has 1 fully saturated rings. The summed E-state index contributed by atoms with van der Waals surface area (Å²) < 4.78 is 5.50. The molecule has 1 heterocycles. The Kier molecular flexibility index (Phi) is 5.88. The Balaban J connectivity index is 2.34. The van der Waals surface area contributed by atoms with Crippen molar-refractivity contribution in [2.24, 2.45) is 0 Å². The molecule has 17 heavy (non-hydrogen) atoms. The second-order valence-corrected chi connectivity index (χ2v) is 4.91. The molecular formula is C12H24N2O3. The SMILES string of the molecule is CC(C)NCCC(=O)N1CC(C)OC(CO)C1. The fourth-order valence-corrected chi connectivity index (χ4v) is 1.98. The van der Waals surface area contributed by atoms with Crippen LogP contribution in [0.3, 0.4) is 0 Å². The lowest BCUT2D eigenvalue weighted by molar-refractivity contribution is -0.147. The molecule has 5 heteroatoms. The van der Waals surface area contributed by atoms with Crippen LogP contribution >= 0.6 is 0 Å². The average molecular weight is 244 g/mol. The second kappa shape index (κ2) is 6.93. The summed E-state index contributed by atoms with van der Waals surface area (Å²) in [7, 11) is 0. The van der Waals surface area contributed by atoms with E-state index in [4.69, 9.17) is 9.84 Å². The molecule has 1 aliphatic heterocycles. The van der Waals surface area contributed by atoms with E-state index < -0.39 is 0 Å². The van der Waals surface area contributed by atoms with Gasteiger partial charge in [-0.3, -0.25) is 4.79 Å². The number of hydrogen-bond donors (Lipinski definition) is 2. The number of carbonyl (C=O) groups is 1. The largest absolute Gasteiger partial charge is 0.394 e. The van der Waals surface area contributed by atoms with Gasteiger partial charge in [0.2, 0.25) is 5.91 Å². The van der Waals surface area contributed by atoms with Crippen LogP contribution in [-0.2, 0) is 9.53 Å². The van der Waals surface area contributed by atoms with Crippen molar-refractivity contribution >= 4 is 5.91 Å². The molecule has 0 spiro atoms. The van der Waals surface area contributed by atoms with E-state index in [0.717, 1.165) is 0 Å². The van der Waals surface area contributed by atoms with Gasteiger partial charge in [-0.05, 0) is 6.92 Å². The molecule has 0 aromatic heterocycles. The summed E-state index contributed by atoms with van der Waals surface area (Å²) in [5.74, 6) is 0.131. The van der Waals surface area contributed by atoms with Crippen molar-refractivity contribution in [3.63, 3.8) is 0 Å². The number of morpholine rings is 1. The molecule has 1 saturated heterocycles. The summed E-state index contributed by atoms with van der Waals surface area (Å²) in [6, 6.07) is 0.400. The van der Waals surface area contributed by atoms with E-state index in [1.165, 1.54) is 0 Å². The van der Waals surface area contributed by atoms with E-state index in [0.29, 0.717) is 32.1 Å². The van der Waals surface area contributed by atoms with Crippen LogP contribution in [0.1, 0.15) is 27.2 Å². The van der Waals surface area contributed by atoms with Crippen molar-refractivity contribution in [2.75, 3.05) is 26.2 Å². The topological polar surface area (TPSA) is 61.8 Å². The van der Waals surface area contributed by atoms with Gasteiger partial charge in [0.25, 0.3) is 0 Å². The van der Waals surface area contributed by atoms with Crippen LogP contribution in [-0.4, -0.2) is 60.4 Å². The molecule has 1 rings (SSSR count). The van der Waals surface area contributed by atoms with Crippen molar-refractivity contribution in [1.82, 2.24) is 10.2 Å². The zero-order valence-electron chi connectivity index (χ0n) is 11.0. The van der Waals surface area contributed by atoms with Crippen molar-refractivity contribution in [3.05, 3.63) is 0 Å². The lowest BCUT2D eigenvalue weighted by atomic mass is 10.2. The molecule has 1 amide bonds. The zero-order chi connectivity index (χ0) is 12.8. The van der Waals surface area contributed by atoms with Gasteiger partial charge in [0.1, 0.15) is 0 Å². The molecule has 0 aromatic rings. The summed E-state index contributed by atoms with van der Waals surface area (Å²) >= 11 is 0. The first kappa shape index (κ1) is 14.4. The molecule has 0 aliphatic carbocycles. The number of aliphatic hydroxyl groups is 1. The number of amides is 1. The first-order chi connectivity index (χ1) is 8.02. The van der Waals surface area contributed by atoms with E-state index in [1.807, 2.05) is 6.92 Å². The van der Waals surface area contributed by atoms with Gasteiger partial charge < -0.3 is 20.1 Å². The number of hydrogen-bond acceptors (Lipinski definition) is 4. The predicted octanol–water partition coefficient (Wildman–Crippen LogP) is -0.0173. The molecule has 100 valence electrons. The molecule has 0 radical (unpaired) electrons. The van der Waals surface area contributed by atoms with Gasteiger partial charge in [0, 0.05) is 32.1 Å². The number of carbonyl (C=O) groups excluding carboxylic acids is 1. The van der Waals surface area contributed by atoms with Gasteiger partial charge in [0.15, 0.2) is 0 Å². The second-order valence-electron chi connectivity index (χ2n) is 4.91. The molecule has 2 N–H and O–H groups in total. The highest BCUT2D eigenvalue weighted by Gasteiger charge is 2.27. The van der Waals surface area contributed by atoms with Gasteiger partial charge >= 0.3 is 0 Å². The van der Waals surface area contributed by atoms with Crippen molar-refractivity contribution < 1.29 is 14.6 Å². The van der Waals surface area contributed by atoms with Crippen molar-refractivity contribution in [3.8, 4) is 0 Å². The third-order valence-corrected chi connectivity index (χ3v) is 2.77. The fourth-order valence-electron chi connectivity index (χ4n) is 1.98. The number of aliphatic hydroxyl groups excluding tert-OH is 1. The summed E-state index contributed by atoms with van der Waals surface area (Å²) in [5.41, 5.74) is 0. The van der Waals surface area contributed by atoms with E-state index in [2.05, 4.69) is 19.2 Å². The number of rotatable bonds is 5. The highest BCUT2D eigenvalue weighted by atomic mass is 16.5. The molecule has 0 bridgehead atoms. The van der Waals surface area contributed by atoms with Crippen LogP contribution in [0.2, 0.25) is 0 Å². The number of ether oxygens (including phenoxy) is 1. The van der Waals surface area contributed by atoms with E-state index in [9.17, 15) is 4.79 Å². The molecule has 0 aromatic carbocycles. The Morgan fingerprint density at radius 3 is 2.82 bits per heavy atom. The van der Waals surface area contributed by atoms with Crippen LogP contribution in [0.4, 0.5) is 0 Å². The van der Waals surface area contributed by atoms with E-state index in [-0.39, 0.29) is 24.7 Å². The quantitative estimate of drug-likeness (QED) is 0.713. The summed E-state index contributed by atoms with van der Waals surface area (Å²) in [4.78, 5) is 13.7. The zero-order valence-corrected chi connectivity index (χ0v) is 11.0. The smallest absolute Gasteiger partial charge is 0.224 e. The first-order valence-corrected chi connectivity index (χ1v) is 6.30. The predicted molar refractivity (Wildman–Crippen MR) is 65.8 cm³/mol. The van der Waals surface area contributed by atoms with Gasteiger partial charge in [-0.15, -0.1) is 0 Å². The normalized spacial score (nSPS) is 25.4. The van der Waals surface area contributed by atoms with Crippen LogP contribution in [0, 0.1) is 0 Å². The highest BCUT2D eigenvalue weighted by molar-refractivity contribution is 5.76. The molecule has 1 aliphatic rings. The maximum atomic E-state index is 11.9. The minimum Gasteiger partial charge on any atom is -0.394 e. The summed E-state index contributed by atoms with van der Waals surface area (Å²) in [6.07, 6.45) is 0.270. The summed E-state index contributed by atoms with van der Waals surface area (Å²) in [6.45, 7) is 7.84. The molecular weight excluding hydrogens is 220 g/mol. The number of nitrogens with zero attached hydrogens (tertiary/aromatic N) is 1. The van der Waals surface area contributed by atoms with Gasteiger partial charge in [-0.25, -0.2) is 0 Å². The van der Waals surface area contributed by atoms with Gasteiger partial charge in [-0.2, -0.15) is 0 Å². The molecule has 5 nitrogen and oxygen atoms in total. The Morgan fingerprint density at radius 2 is 2.24 bits per heavy atom. The van der Waals surface area contributed by atoms with Crippen LogP contribution in [0.5, 0.6) is 0 Å². The molecule has 2 atom stereocenters. The average Bonchev–Trinajstić information content (AvgIpc) is 2.27. The Hall–Kier alpha value is -0.650. The molecule has 0 saturated carbocycles. The standard InChI is InChI=1S/C12H24N2O3/c1-9(2)13-5-4-12(16)14-6-10(3)17-11(7-14)8-15/h9-11,13,15H,4-8H2,1-3H3. The van der Waals surface area contributed by atoms with E-state index in [1.54, 1.807) is 4.90 Å². The Labute approximate surface area is 103 Å². The first-order valence-electron chi connectivity index (χ1n) is 6.30. The lowest BCUT2D eigenvalue weighted by Crippen LogP contribution is -2.50. The Bertz CT molecular complexity index is 246. The summed E-state index contributed by atoms with van der Waals surface area (Å²) in [5, 5.41) is 12.3. The third-order valence-electron chi connectivity index (χ3n) is 2.77. The van der Waals surface area contributed by atoms with Gasteiger partial charge in [0.05, 0.1) is 18.8 Å². The number of nitrogens with one attached hydrogen (secondary N) is 1. The van der Waals surface area contributed by atoms with Crippen molar-refractivity contribution in [1.29, 1.82) is 0 Å². The van der Waals surface area contributed by atoms with E-state index >= 15 is 0 Å². The monoisotopic (exact) mass is 244 g/mol. The fraction of sp³-hybridized carbons (Fsp3) is 0.917. The lowest BCUT2D eigenvalue weighted by Gasteiger charge is -2.36. The maximum Gasteiger partial charge on any atom is 0.224 e. The molecule has 2 unspecified atom stereocenters. The van der Waals surface area contributed by atoms with Crippen LogP contribution < -0.4 is 5.32 Å². The Morgan fingerprint density at radius 1 is 1.53 bits per heavy atom. The van der Waals surface area contributed by atoms with Crippen LogP contribution in [0.25, 0.3) is 0 Å². The third kappa shape index (κ3) is 5.02. The van der Waals surface area contributed by atoms with Crippen LogP contribution in [0.15, 0.2) is 0 Å². The van der Waals surface area contributed by atoms with Gasteiger partial charge in [-0.1, -0.05) is 13.8 Å². The highest BCUT2D eigenvalue weighted by Crippen LogP contribution is 2.11. The minimum atomic E-state index is -0.235. The maximum absolute atomic E-state index is 11.9.